The molecule has 0 spiro atoms. The maximum absolute atomic E-state index is 13.0. The number of hydrogen-bond donors (Lipinski definition) is 2. The van der Waals surface area contributed by atoms with Crippen molar-refractivity contribution in [2.24, 2.45) is 0 Å². The smallest absolute Gasteiger partial charge is 0.384 e. The van der Waals surface area contributed by atoms with Crippen LogP contribution in [0.15, 0.2) is 60.8 Å². The molecule has 0 aliphatic heterocycles. The number of hydrogen-bond acceptors (Lipinski definition) is 4. The molecule has 0 radical (unpaired) electrons. The van der Waals surface area contributed by atoms with E-state index in [0.717, 1.165) is 36.5 Å². The molecule has 0 aliphatic rings. The predicted molar refractivity (Wildman–Crippen MR) is 120 cm³/mol. The lowest BCUT2D eigenvalue weighted by molar-refractivity contribution is -0.137. The second kappa shape index (κ2) is 9.72. The van der Waals surface area contributed by atoms with Crippen LogP contribution in [0.5, 0.6) is 0 Å². The maximum Gasteiger partial charge on any atom is 0.416 e. The van der Waals surface area contributed by atoms with E-state index in [-0.39, 0.29) is 12.4 Å². The molecule has 0 atom stereocenters. The fourth-order valence-electron chi connectivity index (χ4n) is 3.55. The molecule has 8 heteroatoms. The van der Waals surface area contributed by atoms with E-state index in [1.165, 1.54) is 18.2 Å². The summed E-state index contributed by atoms with van der Waals surface area (Å²) >= 11 is 0. The van der Waals surface area contributed by atoms with Gasteiger partial charge in [-0.15, -0.1) is 0 Å². The van der Waals surface area contributed by atoms with Crippen molar-refractivity contribution in [2.75, 3.05) is 23.7 Å². The van der Waals surface area contributed by atoms with Gasteiger partial charge in [-0.25, -0.2) is 4.98 Å². The van der Waals surface area contributed by atoms with Crippen molar-refractivity contribution in [2.45, 2.75) is 26.6 Å². The van der Waals surface area contributed by atoms with Crippen molar-refractivity contribution in [3.8, 4) is 11.1 Å². The number of aromatic nitrogens is 1. The highest BCUT2D eigenvalue weighted by Crippen LogP contribution is 2.33. The highest BCUT2D eigenvalue weighted by atomic mass is 19.4. The van der Waals surface area contributed by atoms with Crippen LogP contribution in [0.25, 0.3) is 11.1 Å². The van der Waals surface area contributed by atoms with E-state index in [0.29, 0.717) is 16.7 Å². The Hall–Kier alpha value is -3.55. The molecule has 0 unspecified atom stereocenters. The third-order valence-corrected chi connectivity index (χ3v) is 5.18. The van der Waals surface area contributed by atoms with Gasteiger partial charge in [0, 0.05) is 42.6 Å². The van der Waals surface area contributed by atoms with Gasteiger partial charge in [0.15, 0.2) is 0 Å². The number of benzene rings is 2. The molecule has 0 aliphatic carbocycles. The molecular formula is C24H25F3N4O. The Morgan fingerprint density at radius 3 is 2.44 bits per heavy atom. The number of nitrogens with zero attached hydrogens (tertiary/aromatic N) is 2. The summed E-state index contributed by atoms with van der Waals surface area (Å²) in [5.74, 6) is -0.265. The third-order valence-electron chi connectivity index (χ3n) is 5.18. The van der Waals surface area contributed by atoms with Crippen LogP contribution in [0.3, 0.4) is 0 Å². The zero-order chi connectivity index (χ0) is 23.3. The Bertz CT molecular complexity index is 1090. The van der Waals surface area contributed by atoms with Gasteiger partial charge in [-0.2, -0.15) is 13.2 Å². The quantitative estimate of drug-likeness (QED) is 0.532. The average Bonchev–Trinajstić information content (AvgIpc) is 2.78. The maximum atomic E-state index is 13.0. The Morgan fingerprint density at radius 1 is 1.03 bits per heavy atom. The van der Waals surface area contributed by atoms with Gasteiger partial charge in [0.25, 0.3) is 5.91 Å². The van der Waals surface area contributed by atoms with E-state index in [1.54, 1.807) is 6.20 Å². The number of pyridine rings is 1. The normalized spacial score (nSPS) is 11.3. The number of nitrogens with two attached hydrogens (primary N) is 1. The highest BCUT2D eigenvalue weighted by molar-refractivity contribution is 6.02. The largest absolute Gasteiger partial charge is 0.416 e. The summed E-state index contributed by atoms with van der Waals surface area (Å²) in [5.41, 5.74) is 8.12. The molecule has 1 aromatic heterocycles. The first-order chi connectivity index (χ1) is 15.2. The molecule has 5 nitrogen and oxygen atoms in total. The number of halogens is 3. The molecule has 0 bridgehead atoms. The molecule has 3 rings (SSSR count). The fraction of sp³-hybridized carbons (Fsp3) is 0.250. The lowest BCUT2D eigenvalue weighted by atomic mass is 9.98. The number of rotatable bonds is 7. The SMILES string of the molecule is CCN(CC)c1ccccc1-c1cnc(N)cc1C(=O)NCc1cccc(C(F)(F)F)c1. The Morgan fingerprint density at radius 2 is 1.75 bits per heavy atom. The van der Waals surface area contributed by atoms with Crippen LogP contribution in [0.2, 0.25) is 0 Å². The van der Waals surface area contributed by atoms with Crippen LogP contribution < -0.4 is 16.0 Å². The molecule has 0 saturated heterocycles. The second-order valence-corrected chi connectivity index (χ2v) is 7.23. The summed E-state index contributed by atoms with van der Waals surface area (Å²) < 4.78 is 38.9. The van der Waals surface area contributed by atoms with Crippen molar-refractivity contribution in [3.05, 3.63) is 77.5 Å². The van der Waals surface area contributed by atoms with Gasteiger partial charge < -0.3 is 16.0 Å². The van der Waals surface area contributed by atoms with Crippen LogP contribution in [0.1, 0.15) is 35.3 Å². The summed E-state index contributed by atoms with van der Waals surface area (Å²) in [5, 5.41) is 2.70. The number of para-hydroxylation sites is 1. The van der Waals surface area contributed by atoms with Crippen molar-refractivity contribution in [1.29, 1.82) is 0 Å². The lowest BCUT2D eigenvalue weighted by Crippen LogP contribution is -2.25. The number of carbonyl (C=O) groups is 1. The van der Waals surface area contributed by atoms with Gasteiger partial charge in [-0.05, 0) is 43.7 Å². The molecule has 32 heavy (non-hydrogen) atoms. The van der Waals surface area contributed by atoms with Gasteiger partial charge in [-0.3, -0.25) is 4.79 Å². The molecular weight excluding hydrogens is 417 g/mol. The number of amides is 1. The highest BCUT2D eigenvalue weighted by Gasteiger charge is 2.30. The van der Waals surface area contributed by atoms with Gasteiger partial charge in [0.05, 0.1) is 11.1 Å². The first-order valence-corrected chi connectivity index (χ1v) is 10.3. The Kier molecular flexibility index (Phi) is 7.02. The van der Waals surface area contributed by atoms with E-state index >= 15 is 0 Å². The summed E-state index contributed by atoms with van der Waals surface area (Å²) in [7, 11) is 0. The predicted octanol–water partition coefficient (Wildman–Crippen LogP) is 5.13. The number of alkyl halides is 3. The second-order valence-electron chi connectivity index (χ2n) is 7.23. The first kappa shape index (κ1) is 23.1. The fourth-order valence-corrected chi connectivity index (χ4v) is 3.55. The van der Waals surface area contributed by atoms with Crippen LogP contribution in [-0.2, 0) is 12.7 Å². The van der Waals surface area contributed by atoms with Gasteiger partial charge in [-0.1, -0.05) is 30.3 Å². The van der Waals surface area contributed by atoms with E-state index in [1.807, 2.05) is 38.1 Å². The average molecular weight is 442 g/mol. The number of nitrogen functional groups attached to an aromatic ring is 1. The number of anilines is 2. The summed E-state index contributed by atoms with van der Waals surface area (Å²) in [4.78, 5) is 19.4. The molecule has 3 N–H and O–H groups in total. The Balaban J connectivity index is 1.92. The first-order valence-electron chi connectivity index (χ1n) is 10.3. The van der Waals surface area contributed by atoms with Crippen LogP contribution >= 0.6 is 0 Å². The van der Waals surface area contributed by atoms with Crippen molar-refractivity contribution in [3.63, 3.8) is 0 Å². The molecule has 2 aromatic carbocycles. The third kappa shape index (κ3) is 5.19. The molecule has 1 heterocycles. The number of carbonyl (C=O) groups excluding carboxylic acids is 1. The van der Waals surface area contributed by atoms with E-state index in [9.17, 15) is 18.0 Å². The van der Waals surface area contributed by atoms with Crippen LogP contribution in [0, 0.1) is 0 Å². The van der Waals surface area contributed by atoms with Crippen LogP contribution in [0.4, 0.5) is 24.7 Å². The minimum atomic E-state index is -4.44. The van der Waals surface area contributed by atoms with E-state index in [2.05, 4.69) is 15.2 Å². The van der Waals surface area contributed by atoms with Crippen molar-refractivity contribution < 1.29 is 18.0 Å². The molecule has 0 fully saturated rings. The van der Waals surface area contributed by atoms with Gasteiger partial charge in [0.2, 0.25) is 0 Å². The van der Waals surface area contributed by atoms with Crippen molar-refractivity contribution >= 4 is 17.4 Å². The van der Waals surface area contributed by atoms with Gasteiger partial charge in [0.1, 0.15) is 5.82 Å². The molecule has 0 saturated carbocycles. The topological polar surface area (TPSA) is 71.2 Å². The zero-order valence-corrected chi connectivity index (χ0v) is 17.9. The minimum absolute atomic E-state index is 0.0535. The Labute approximate surface area is 185 Å². The van der Waals surface area contributed by atoms with E-state index in [4.69, 9.17) is 5.73 Å². The summed E-state index contributed by atoms with van der Waals surface area (Å²) in [6, 6.07) is 14.0. The molecule has 3 aromatic rings. The standard InChI is InChI=1S/C24H25F3N4O/c1-3-31(4-2)21-11-6-5-10-18(21)20-15-29-22(28)13-19(20)23(32)30-14-16-8-7-9-17(12-16)24(25,26)27/h5-13,15H,3-4,14H2,1-2H3,(H2,28,29)(H,30,32). The molecule has 168 valence electrons. The van der Waals surface area contributed by atoms with Crippen molar-refractivity contribution in [1.82, 2.24) is 10.3 Å². The van der Waals surface area contributed by atoms with Crippen LogP contribution in [-0.4, -0.2) is 24.0 Å². The molecule has 1 amide bonds. The monoisotopic (exact) mass is 442 g/mol. The summed E-state index contributed by atoms with van der Waals surface area (Å²) in [6.45, 7) is 5.61. The lowest BCUT2D eigenvalue weighted by Gasteiger charge is -2.25. The van der Waals surface area contributed by atoms with E-state index < -0.39 is 17.6 Å². The zero-order valence-electron chi connectivity index (χ0n) is 17.9. The van der Waals surface area contributed by atoms with Gasteiger partial charge >= 0.3 is 6.18 Å². The summed E-state index contributed by atoms with van der Waals surface area (Å²) in [6.07, 6.45) is -2.89. The number of nitrogens with one attached hydrogen (secondary N) is 1. The minimum Gasteiger partial charge on any atom is -0.384 e.